The lowest BCUT2D eigenvalue weighted by Gasteiger charge is -2.46. The van der Waals surface area contributed by atoms with Crippen molar-refractivity contribution in [1.82, 2.24) is 0 Å². The monoisotopic (exact) mass is 1110 g/mol. The Bertz CT molecular complexity index is 1550. The summed E-state index contributed by atoms with van der Waals surface area (Å²) in [7, 11) is 0. The molecular formula is C57H102O20. The predicted octanol–water partition coefficient (Wildman–Crippen LogP) is 4.98. The van der Waals surface area contributed by atoms with Crippen LogP contribution in [0.15, 0.2) is 24.3 Å². The molecule has 3 aliphatic rings. The van der Waals surface area contributed by atoms with E-state index >= 15 is 0 Å². The molecule has 0 aliphatic carbocycles. The summed E-state index contributed by atoms with van der Waals surface area (Å²) in [5.41, 5.74) is 0. The van der Waals surface area contributed by atoms with E-state index in [-0.39, 0.29) is 19.4 Å². The van der Waals surface area contributed by atoms with Gasteiger partial charge in [0.15, 0.2) is 25.0 Å². The second-order valence-electron chi connectivity index (χ2n) is 21.2. The molecule has 0 aromatic rings. The van der Waals surface area contributed by atoms with E-state index in [1.807, 2.05) is 0 Å². The number of aliphatic hydroxyl groups is 10. The van der Waals surface area contributed by atoms with Gasteiger partial charge in [-0.2, -0.15) is 0 Å². The van der Waals surface area contributed by atoms with Crippen LogP contribution >= 0.6 is 0 Å². The highest BCUT2D eigenvalue weighted by atomic mass is 16.8. The number of carbonyl (C=O) groups excluding carboxylic acids is 2. The van der Waals surface area contributed by atoms with Crippen molar-refractivity contribution in [2.24, 2.45) is 0 Å². The molecule has 3 saturated heterocycles. The van der Waals surface area contributed by atoms with Crippen LogP contribution in [0.3, 0.4) is 0 Å². The first-order chi connectivity index (χ1) is 37.3. The fourth-order valence-electron chi connectivity index (χ4n) is 9.59. The molecule has 0 radical (unpaired) electrons. The Kier molecular flexibility index (Phi) is 37.4. The summed E-state index contributed by atoms with van der Waals surface area (Å²) < 4.78 is 45.6. The molecule has 3 aliphatic heterocycles. The standard InChI is InChI=1S/C57H102O20/c1-3-5-7-9-11-13-15-17-19-21-23-25-27-29-31-33-44(60)70-37-40(73-45(61)34-32-30-28-26-24-22-20-18-16-14-12-10-8-6-4-2)38-71-57-54(51(67)47(63)42(36-59)75-57)77-56-53(69)50(66)48(64)43(76-56)39-72-55-52(68)49(65)46(62)41(35-58)74-55/h13,15,19,21,40-43,46-59,62-69H,3-12,14,16-18,20,22-39H2,1-2H3/t40-,41?,42?,43?,46?,47-,48+,49+,50?,51+,52-,53-,54?,55+,56-,57+/m1/s1. The zero-order valence-corrected chi connectivity index (χ0v) is 46.4. The van der Waals surface area contributed by atoms with Gasteiger partial charge in [-0.15, -0.1) is 0 Å². The van der Waals surface area contributed by atoms with E-state index in [0.717, 1.165) is 64.2 Å². The summed E-state index contributed by atoms with van der Waals surface area (Å²) in [5, 5.41) is 105. The average molecular weight is 1110 g/mol. The quantitative estimate of drug-likeness (QED) is 0.0219. The van der Waals surface area contributed by atoms with Gasteiger partial charge in [0.25, 0.3) is 0 Å². The normalized spacial score (nSPS) is 30.3. The molecule has 77 heavy (non-hydrogen) atoms. The Labute approximate surface area is 458 Å². The van der Waals surface area contributed by atoms with E-state index < -0.39 is 137 Å². The molecule has 0 aromatic heterocycles. The maximum absolute atomic E-state index is 13.2. The number of hydrogen-bond donors (Lipinski definition) is 10. The maximum Gasteiger partial charge on any atom is 0.306 e. The molecule has 16 atom stereocenters. The molecular weight excluding hydrogens is 1000 g/mol. The van der Waals surface area contributed by atoms with Gasteiger partial charge >= 0.3 is 11.9 Å². The van der Waals surface area contributed by atoms with Crippen molar-refractivity contribution in [3.8, 4) is 0 Å². The van der Waals surface area contributed by atoms with Gasteiger partial charge < -0.3 is 89.0 Å². The van der Waals surface area contributed by atoms with Crippen molar-refractivity contribution in [2.45, 2.75) is 292 Å². The zero-order valence-electron chi connectivity index (χ0n) is 46.4. The van der Waals surface area contributed by atoms with Gasteiger partial charge in [-0.3, -0.25) is 9.59 Å². The second kappa shape index (κ2) is 41.7. The summed E-state index contributed by atoms with van der Waals surface area (Å²) in [6.45, 7) is 1.37. The molecule has 0 spiro atoms. The van der Waals surface area contributed by atoms with Crippen LogP contribution in [0.4, 0.5) is 0 Å². The van der Waals surface area contributed by atoms with Crippen molar-refractivity contribution in [3.05, 3.63) is 24.3 Å². The lowest BCUT2D eigenvalue weighted by atomic mass is 9.97. The first-order valence-corrected chi connectivity index (χ1v) is 29.4. The predicted molar refractivity (Wildman–Crippen MR) is 285 cm³/mol. The molecule has 6 unspecified atom stereocenters. The first kappa shape index (κ1) is 69.1. The van der Waals surface area contributed by atoms with Gasteiger partial charge in [-0.1, -0.05) is 160 Å². The van der Waals surface area contributed by atoms with Crippen molar-refractivity contribution in [3.63, 3.8) is 0 Å². The molecule has 20 heteroatoms. The number of unbranched alkanes of at least 4 members (excludes halogenated alkanes) is 22. The molecule has 3 rings (SSSR count). The summed E-state index contributed by atoms with van der Waals surface area (Å²) in [6.07, 6.45) is 10.9. The Morgan fingerprint density at radius 3 is 1.40 bits per heavy atom. The number of esters is 2. The third-order valence-electron chi connectivity index (χ3n) is 14.5. The van der Waals surface area contributed by atoms with Crippen LogP contribution in [0.2, 0.25) is 0 Å². The smallest absolute Gasteiger partial charge is 0.306 e. The van der Waals surface area contributed by atoms with Crippen LogP contribution in [0.25, 0.3) is 0 Å². The van der Waals surface area contributed by atoms with Crippen LogP contribution in [0, 0.1) is 0 Å². The number of rotatable bonds is 43. The molecule has 0 amide bonds. The molecule has 0 aromatic carbocycles. The third-order valence-corrected chi connectivity index (χ3v) is 14.5. The van der Waals surface area contributed by atoms with Gasteiger partial charge in [-0.25, -0.2) is 0 Å². The minimum Gasteiger partial charge on any atom is -0.462 e. The first-order valence-electron chi connectivity index (χ1n) is 29.4. The molecule has 0 saturated carbocycles. The van der Waals surface area contributed by atoms with E-state index in [1.54, 1.807) is 0 Å². The molecule has 0 bridgehead atoms. The SMILES string of the molecule is CCCCCCC=CCC=CCCCCCCC(=O)OC[C@H](CO[C@H]1OC(CO)[C@@H](O)[C@H](O)C1O[C@H]1OC(CO[C@H]2OC(CO)C(O)[C@H](O)[C@H]2O)[C@H](O)C(O)[C@H]1O)OC(=O)CCCCCCCCCCCCCCCCC. The fraction of sp³-hybridized carbons (Fsp3) is 0.895. The van der Waals surface area contributed by atoms with Gasteiger partial charge in [0.2, 0.25) is 0 Å². The number of ether oxygens (including phenoxy) is 8. The van der Waals surface area contributed by atoms with Crippen molar-refractivity contribution in [1.29, 1.82) is 0 Å². The molecule has 3 fully saturated rings. The highest BCUT2D eigenvalue weighted by Gasteiger charge is 2.52. The van der Waals surface area contributed by atoms with Crippen LogP contribution in [-0.4, -0.2) is 194 Å². The zero-order chi connectivity index (χ0) is 56.2. The van der Waals surface area contributed by atoms with Crippen LogP contribution in [-0.2, 0) is 47.5 Å². The maximum atomic E-state index is 13.2. The van der Waals surface area contributed by atoms with Crippen LogP contribution < -0.4 is 0 Å². The van der Waals surface area contributed by atoms with Crippen molar-refractivity contribution >= 4 is 11.9 Å². The lowest BCUT2D eigenvalue weighted by Crippen LogP contribution is -2.65. The van der Waals surface area contributed by atoms with Crippen molar-refractivity contribution < 1.29 is 98.5 Å². The Hall–Kier alpha value is -2.22. The third kappa shape index (κ3) is 26.9. The molecule has 20 nitrogen and oxygen atoms in total. The van der Waals surface area contributed by atoms with Gasteiger partial charge in [-0.05, 0) is 44.9 Å². The van der Waals surface area contributed by atoms with Crippen molar-refractivity contribution in [2.75, 3.05) is 33.0 Å². The highest BCUT2D eigenvalue weighted by molar-refractivity contribution is 5.70. The van der Waals surface area contributed by atoms with Crippen LogP contribution in [0.5, 0.6) is 0 Å². The number of allylic oxidation sites excluding steroid dienone is 4. The molecule has 10 N–H and O–H groups in total. The Morgan fingerprint density at radius 1 is 0.442 bits per heavy atom. The fourth-order valence-corrected chi connectivity index (χ4v) is 9.59. The average Bonchev–Trinajstić information content (AvgIpc) is 3.42. The van der Waals surface area contributed by atoms with Crippen LogP contribution in [0.1, 0.15) is 194 Å². The Balaban J connectivity index is 1.57. The number of aliphatic hydroxyl groups excluding tert-OH is 10. The minimum absolute atomic E-state index is 0.100. The minimum atomic E-state index is -1.99. The summed E-state index contributed by atoms with van der Waals surface area (Å²) in [4.78, 5) is 26.2. The molecule has 450 valence electrons. The van der Waals surface area contributed by atoms with E-state index in [0.29, 0.717) is 12.8 Å². The summed E-state index contributed by atoms with van der Waals surface area (Å²) >= 11 is 0. The summed E-state index contributed by atoms with van der Waals surface area (Å²) in [5.74, 6) is -1.06. The van der Waals surface area contributed by atoms with Gasteiger partial charge in [0.05, 0.1) is 26.4 Å². The highest BCUT2D eigenvalue weighted by Crippen LogP contribution is 2.31. The van der Waals surface area contributed by atoms with Gasteiger partial charge in [0, 0.05) is 12.8 Å². The van der Waals surface area contributed by atoms with E-state index in [9.17, 15) is 60.7 Å². The van der Waals surface area contributed by atoms with E-state index in [2.05, 4.69) is 38.2 Å². The van der Waals surface area contributed by atoms with Gasteiger partial charge in [0.1, 0.15) is 79.9 Å². The number of carbonyl (C=O) groups is 2. The lowest BCUT2D eigenvalue weighted by molar-refractivity contribution is -0.373. The Morgan fingerprint density at radius 2 is 0.870 bits per heavy atom. The number of hydrogen-bond acceptors (Lipinski definition) is 20. The molecule has 3 heterocycles. The second-order valence-corrected chi connectivity index (χ2v) is 21.2. The summed E-state index contributed by atoms with van der Waals surface area (Å²) in [6, 6.07) is 0. The topological polar surface area (TPSA) is 310 Å². The van der Waals surface area contributed by atoms with E-state index in [4.69, 9.17) is 37.9 Å². The largest absolute Gasteiger partial charge is 0.462 e. The van der Waals surface area contributed by atoms with E-state index in [1.165, 1.54) is 89.9 Å².